The molecule has 0 amide bonds. The Morgan fingerprint density at radius 2 is 2.07 bits per heavy atom. The summed E-state index contributed by atoms with van der Waals surface area (Å²) < 4.78 is 2.92. The third-order valence-electron chi connectivity index (χ3n) is 2.13. The summed E-state index contributed by atoms with van der Waals surface area (Å²) in [6, 6.07) is 0. The van der Waals surface area contributed by atoms with Gasteiger partial charge >= 0.3 is 5.69 Å². The first-order chi connectivity index (χ1) is 6.65. The molecule has 0 saturated carbocycles. The van der Waals surface area contributed by atoms with Crippen molar-refractivity contribution < 1.29 is 4.79 Å². The van der Waals surface area contributed by atoms with Gasteiger partial charge in [0.05, 0.1) is 6.20 Å². The van der Waals surface area contributed by atoms with Crippen LogP contribution in [0.2, 0.25) is 0 Å². The van der Waals surface area contributed by atoms with E-state index in [2.05, 4.69) is 9.97 Å². The summed E-state index contributed by atoms with van der Waals surface area (Å²) in [5.41, 5.74) is 0.766. The minimum Gasteiger partial charge on any atom is -0.311 e. The summed E-state index contributed by atoms with van der Waals surface area (Å²) in [5, 5.41) is 0. The first-order valence-corrected chi connectivity index (χ1v) is 3.99. The minimum atomic E-state index is -0.363. The zero-order chi connectivity index (χ0) is 10.3. The van der Waals surface area contributed by atoms with Crippen LogP contribution >= 0.6 is 0 Å². The number of aromatic nitrogens is 4. The number of hydrogen-bond donors (Lipinski definition) is 0. The number of imidazole rings is 1. The molecule has 0 aliphatic carbocycles. The highest BCUT2D eigenvalue weighted by molar-refractivity contribution is 5.80. The van der Waals surface area contributed by atoms with Gasteiger partial charge in [-0.2, -0.15) is 4.98 Å². The van der Waals surface area contributed by atoms with Gasteiger partial charge in [0.2, 0.25) is 0 Å². The molecule has 0 bridgehead atoms. The maximum atomic E-state index is 11.2. The summed E-state index contributed by atoms with van der Waals surface area (Å²) in [7, 11) is 3.27. The fourth-order valence-electron chi connectivity index (χ4n) is 1.41. The summed E-state index contributed by atoms with van der Waals surface area (Å²) in [5.74, 6) is 0.281. The van der Waals surface area contributed by atoms with E-state index in [1.54, 1.807) is 18.7 Å². The number of nitrogens with zero attached hydrogens (tertiary/aromatic N) is 4. The van der Waals surface area contributed by atoms with Crippen LogP contribution in [0.5, 0.6) is 0 Å². The highest BCUT2D eigenvalue weighted by atomic mass is 16.1. The molecular weight excluding hydrogens is 184 g/mol. The highest BCUT2D eigenvalue weighted by Crippen LogP contribution is 2.09. The molecule has 0 fully saturated rings. The first kappa shape index (κ1) is 8.61. The first-order valence-electron chi connectivity index (χ1n) is 3.99. The molecule has 14 heavy (non-hydrogen) atoms. The Morgan fingerprint density at radius 3 is 2.71 bits per heavy atom. The molecule has 0 N–H and O–H groups in total. The SMILES string of the molecule is Cn1c(C=O)nc2cnc(=O)n(C)c21. The molecule has 0 aliphatic heterocycles. The maximum Gasteiger partial charge on any atom is 0.348 e. The van der Waals surface area contributed by atoms with Gasteiger partial charge in [-0.3, -0.25) is 9.36 Å². The van der Waals surface area contributed by atoms with Crippen molar-refractivity contribution in [3.8, 4) is 0 Å². The molecule has 2 aromatic heterocycles. The number of aryl methyl sites for hydroxylation is 2. The van der Waals surface area contributed by atoms with Gasteiger partial charge in [-0.05, 0) is 0 Å². The van der Waals surface area contributed by atoms with E-state index in [9.17, 15) is 9.59 Å². The van der Waals surface area contributed by atoms with Crippen LogP contribution in [0.1, 0.15) is 10.6 Å². The second-order valence-corrected chi connectivity index (χ2v) is 2.96. The number of hydrogen-bond acceptors (Lipinski definition) is 4. The lowest BCUT2D eigenvalue weighted by molar-refractivity contribution is 0.111. The Morgan fingerprint density at radius 1 is 1.36 bits per heavy atom. The molecule has 72 valence electrons. The van der Waals surface area contributed by atoms with Gasteiger partial charge in [-0.25, -0.2) is 9.78 Å². The Bertz CT molecular complexity index is 566. The fourth-order valence-corrected chi connectivity index (χ4v) is 1.41. The normalized spacial score (nSPS) is 10.7. The third kappa shape index (κ3) is 0.968. The van der Waals surface area contributed by atoms with Crippen molar-refractivity contribution in [2.75, 3.05) is 0 Å². The maximum absolute atomic E-state index is 11.2. The number of fused-ring (bicyclic) bond motifs is 1. The van der Waals surface area contributed by atoms with Crippen LogP contribution < -0.4 is 5.69 Å². The molecule has 0 saturated heterocycles. The summed E-state index contributed by atoms with van der Waals surface area (Å²) in [6.45, 7) is 0. The predicted octanol–water partition coefficient (Wildman–Crippen LogP) is -0.521. The average Bonchev–Trinajstić information content (AvgIpc) is 2.50. The predicted molar refractivity (Wildman–Crippen MR) is 49.1 cm³/mol. The molecule has 2 aromatic rings. The van der Waals surface area contributed by atoms with Gasteiger partial charge in [0.1, 0.15) is 11.2 Å². The number of carbonyl (C=O) groups is 1. The van der Waals surface area contributed by atoms with E-state index in [0.29, 0.717) is 17.5 Å². The Hall–Kier alpha value is -1.98. The van der Waals surface area contributed by atoms with Gasteiger partial charge in [0.25, 0.3) is 0 Å². The van der Waals surface area contributed by atoms with Gasteiger partial charge < -0.3 is 4.57 Å². The number of rotatable bonds is 1. The standard InChI is InChI=1S/C8H8N4O2/c1-11-6(4-13)10-5-3-9-8(14)12(2)7(5)11/h3-4H,1-2H3. The molecule has 0 aromatic carbocycles. The summed E-state index contributed by atoms with van der Waals surface area (Å²) >= 11 is 0. The largest absolute Gasteiger partial charge is 0.348 e. The molecule has 2 rings (SSSR count). The van der Waals surface area contributed by atoms with Gasteiger partial charge in [-0.15, -0.1) is 0 Å². The topological polar surface area (TPSA) is 69.8 Å². The number of aldehydes is 1. The van der Waals surface area contributed by atoms with Gasteiger partial charge in [0, 0.05) is 14.1 Å². The van der Waals surface area contributed by atoms with E-state index in [1.807, 2.05) is 0 Å². The molecule has 6 heteroatoms. The van der Waals surface area contributed by atoms with Crippen LogP contribution in [0.15, 0.2) is 11.0 Å². The van der Waals surface area contributed by atoms with Gasteiger partial charge in [0.15, 0.2) is 12.1 Å². The summed E-state index contributed by atoms with van der Waals surface area (Å²) in [4.78, 5) is 29.4. The lowest BCUT2D eigenvalue weighted by atomic mass is 10.5. The van der Waals surface area contributed by atoms with E-state index < -0.39 is 0 Å². The Kier molecular flexibility index (Phi) is 1.70. The smallest absolute Gasteiger partial charge is 0.311 e. The van der Waals surface area contributed by atoms with E-state index in [4.69, 9.17) is 0 Å². The van der Waals surface area contributed by atoms with Crippen molar-refractivity contribution >= 4 is 17.5 Å². The van der Waals surface area contributed by atoms with Crippen LogP contribution in [0.25, 0.3) is 11.2 Å². The average molecular weight is 192 g/mol. The zero-order valence-electron chi connectivity index (χ0n) is 7.76. The molecule has 0 spiro atoms. The fraction of sp³-hybridized carbons (Fsp3) is 0.250. The minimum absolute atomic E-state index is 0.281. The van der Waals surface area contributed by atoms with Crippen molar-refractivity contribution in [1.29, 1.82) is 0 Å². The van der Waals surface area contributed by atoms with Crippen LogP contribution in [0.4, 0.5) is 0 Å². The van der Waals surface area contributed by atoms with E-state index >= 15 is 0 Å². The molecule has 0 atom stereocenters. The van der Waals surface area contributed by atoms with Gasteiger partial charge in [-0.1, -0.05) is 0 Å². The second kappa shape index (κ2) is 2.76. The van der Waals surface area contributed by atoms with E-state index in [0.717, 1.165) is 0 Å². The van der Waals surface area contributed by atoms with Crippen molar-refractivity contribution in [1.82, 2.24) is 19.1 Å². The Labute approximate surface area is 78.8 Å². The van der Waals surface area contributed by atoms with E-state index in [1.165, 1.54) is 10.8 Å². The van der Waals surface area contributed by atoms with Crippen LogP contribution in [0.3, 0.4) is 0 Å². The molecule has 0 aliphatic rings. The highest BCUT2D eigenvalue weighted by Gasteiger charge is 2.10. The lowest BCUT2D eigenvalue weighted by Gasteiger charge is -2.00. The zero-order valence-corrected chi connectivity index (χ0v) is 7.76. The lowest BCUT2D eigenvalue weighted by Crippen LogP contribution is -2.20. The van der Waals surface area contributed by atoms with Crippen molar-refractivity contribution in [3.05, 3.63) is 22.5 Å². The van der Waals surface area contributed by atoms with Crippen LogP contribution in [0, 0.1) is 0 Å². The van der Waals surface area contributed by atoms with Crippen LogP contribution in [-0.4, -0.2) is 25.4 Å². The van der Waals surface area contributed by atoms with Crippen LogP contribution in [-0.2, 0) is 14.1 Å². The van der Waals surface area contributed by atoms with Crippen molar-refractivity contribution in [2.45, 2.75) is 0 Å². The monoisotopic (exact) mass is 192 g/mol. The molecule has 0 unspecified atom stereocenters. The quantitative estimate of drug-likeness (QED) is 0.570. The summed E-state index contributed by atoms with van der Waals surface area (Å²) in [6.07, 6.45) is 2.01. The van der Waals surface area contributed by atoms with Crippen molar-refractivity contribution in [2.24, 2.45) is 14.1 Å². The molecular formula is C8H8N4O2. The Balaban J connectivity index is 3.01. The third-order valence-corrected chi connectivity index (χ3v) is 2.13. The van der Waals surface area contributed by atoms with Crippen molar-refractivity contribution in [3.63, 3.8) is 0 Å². The van der Waals surface area contributed by atoms with E-state index in [-0.39, 0.29) is 11.5 Å². The molecule has 6 nitrogen and oxygen atoms in total. The molecule has 0 radical (unpaired) electrons. The molecule has 2 heterocycles. The number of carbonyl (C=O) groups excluding carboxylic acids is 1. The second-order valence-electron chi connectivity index (χ2n) is 2.96.